The second-order valence-corrected chi connectivity index (χ2v) is 4.74. The van der Waals surface area contributed by atoms with E-state index in [0.717, 1.165) is 16.8 Å². The van der Waals surface area contributed by atoms with Crippen LogP contribution in [0.5, 0.6) is 0 Å². The highest BCUT2D eigenvalue weighted by molar-refractivity contribution is 5.90. The molecule has 3 N–H and O–H groups in total. The van der Waals surface area contributed by atoms with Gasteiger partial charge >= 0.3 is 0 Å². The summed E-state index contributed by atoms with van der Waals surface area (Å²) in [6.45, 7) is 1.39. The predicted octanol–water partition coefficient (Wildman–Crippen LogP) is 2.69. The summed E-state index contributed by atoms with van der Waals surface area (Å²) < 4.78 is 5.49. The van der Waals surface area contributed by atoms with Gasteiger partial charge in [0.2, 0.25) is 5.91 Å². The number of carbonyl (C=O) groups is 1. The Balaban J connectivity index is 1.70. The molecule has 4 heteroatoms. The number of hydrogen-bond acceptors (Lipinski definition) is 3. The third-order valence-electron chi connectivity index (χ3n) is 3.03. The van der Waals surface area contributed by atoms with E-state index >= 15 is 0 Å². The molecule has 0 saturated carbocycles. The Kier molecular flexibility index (Phi) is 5.94. The van der Waals surface area contributed by atoms with Crippen molar-refractivity contribution in [3.05, 3.63) is 65.7 Å². The normalized spacial score (nSPS) is 10.3. The standard InChI is InChI=1S/C17H20N2O2/c18-12-15-7-4-8-16(11-15)19-17(20)9-10-21-13-14-5-2-1-3-6-14/h1-8,11H,9-10,12-13,18H2,(H,19,20). The zero-order chi connectivity index (χ0) is 14.9. The zero-order valence-corrected chi connectivity index (χ0v) is 11.9. The maximum atomic E-state index is 11.8. The van der Waals surface area contributed by atoms with Crippen molar-refractivity contribution in [2.45, 2.75) is 19.6 Å². The van der Waals surface area contributed by atoms with Crippen LogP contribution in [0.25, 0.3) is 0 Å². The Bertz CT molecular complexity index is 570. The maximum absolute atomic E-state index is 11.8. The average Bonchev–Trinajstić information content (AvgIpc) is 2.53. The molecule has 2 aromatic carbocycles. The van der Waals surface area contributed by atoms with Crippen molar-refractivity contribution in [1.29, 1.82) is 0 Å². The first-order chi connectivity index (χ1) is 10.3. The van der Waals surface area contributed by atoms with Gasteiger partial charge in [0.15, 0.2) is 0 Å². The van der Waals surface area contributed by atoms with Gasteiger partial charge in [-0.3, -0.25) is 4.79 Å². The SMILES string of the molecule is NCc1cccc(NC(=O)CCOCc2ccccc2)c1. The highest BCUT2D eigenvalue weighted by Crippen LogP contribution is 2.10. The van der Waals surface area contributed by atoms with Crippen LogP contribution in [0.1, 0.15) is 17.5 Å². The molecule has 0 aliphatic rings. The third-order valence-corrected chi connectivity index (χ3v) is 3.03. The Morgan fingerprint density at radius 3 is 2.57 bits per heavy atom. The average molecular weight is 284 g/mol. The minimum Gasteiger partial charge on any atom is -0.376 e. The molecule has 0 atom stereocenters. The maximum Gasteiger partial charge on any atom is 0.226 e. The topological polar surface area (TPSA) is 64.3 Å². The fourth-order valence-corrected chi connectivity index (χ4v) is 1.93. The van der Waals surface area contributed by atoms with Crippen LogP contribution in [-0.2, 0) is 22.7 Å². The van der Waals surface area contributed by atoms with Gasteiger partial charge in [0.1, 0.15) is 0 Å². The number of nitrogens with one attached hydrogen (secondary N) is 1. The highest BCUT2D eigenvalue weighted by atomic mass is 16.5. The van der Waals surface area contributed by atoms with E-state index in [4.69, 9.17) is 10.5 Å². The fourth-order valence-electron chi connectivity index (χ4n) is 1.93. The third kappa shape index (κ3) is 5.38. The van der Waals surface area contributed by atoms with E-state index in [0.29, 0.717) is 26.2 Å². The molecular weight excluding hydrogens is 264 g/mol. The fraction of sp³-hybridized carbons (Fsp3) is 0.235. The van der Waals surface area contributed by atoms with Gasteiger partial charge in [-0.2, -0.15) is 0 Å². The first-order valence-corrected chi connectivity index (χ1v) is 6.98. The van der Waals surface area contributed by atoms with Gasteiger partial charge in [0.05, 0.1) is 19.6 Å². The summed E-state index contributed by atoms with van der Waals surface area (Å²) in [6.07, 6.45) is 0.333. The highest BCUT2D eigenvalue weighted by Gasteiger charge is 2.03. The van der Waals surface area contributed by atoms with Crippen LogP contribution in [0, 0.1) is 0 Å². The molecule has 0 saturated heterocycles. The second-order valence-electron chi connectivity index (χ2n) is 4.74. The molecule has 0 aliphatic carbocycles. The molecule has 0 fully saturated rings. The summed E-state index contributed by atoms with van der Waals surface area (Å²) >= 11 is 0. The minimum atomic E-state index is -0.0581. The molecule has 0 radical (unpaired) electrons. The Labute approximate surface area is 124 Å². The van der Waals surface area contributed by atoms with Crippen molar-refractivity contribution in [2.75, 3.05) is 11.9 Å². The molecular formula is C17H20N2O2. The predicted molar refractivity (Wildman–Crippen MR) is 83.7 cm³/mol. The summed E-state index contributed by atoms with van der Waals surface area (Å²) in [5.74, 6) is -0.0581. The van der Waals surface area contributed by atoms with Crippen LogP contribution in [-0.4, -0.2) is 12.5 Å². The van der Waals surface area contributed by atoms with Crippen molar-refractivity contribution in [3.63, 3.8) is 0 Å². The van der Waals surface area contributed by atoms with E-state index in [1.165, 1.54) is 0 Å². The second kappa shape index (κ2) is 8.19. The summed E-state index contributed by atoms with van der Waals surface area (Å²) in [5.41, 5.74) is 8.44. The van der Waals surface area contributed by atoms with Crippen molar-refractivity contribution < 1.29 is 9.53 Å². The van der Waals surface area contributed by atoms with Crippen LogP contribution in [0.4, 0.5) is 5.69 Å². The molecule has 0 bridgehead atoms. The quantitative estimate of drug-likeness (QED) is 0.768. The lowest BCUT2D eigenvalue weighted by molar-refractivity contribution is -0.117. The Morgan fingerprint density at radius 1 is 1.05 bits per heavy atom. The van der Waals surface area contributed by atoms with E-state index in [1.807, 2.05) is 54.6 Å². The van der Waals surface area contributed by atoms with Gasteiger partial charge < -0.3 is 15.8 Å². The van der Waals surface area contributed by atoms with Crippen LogP contribution >= 0.6 is 0 Å². The monoisotopic (exact) mass is 284 g/mol. The van der Waals surface area contributed by atoms with Crippen LogP contribution in [0.15, 0.2) is 54.6 Å². The Morgan fingerprint density at radius 2 is 1.81 bits per heavy atom. The van der Waals surface area contributed by atoms with Gasteiger partial charge in [0.25, 0.3) is 0 Å². The van der Waals surface area contributed by atoms with E-state index in [9.17, 15) is 4.79 Å². The number of anilines is 1. The number of nitrogens with two attached hydrogens (primary N) is 1. The largest absolute Gasteiger partial charge is 0.376 e. The van der Waals surface area contributed by atoms with Gasteiger partial charge in [-0.1, -0.05) is 42.5 Å². The van der Waals surface area contributed by atoms with Gasteiger partial charge in [-0.25, -0.2) is 0 Å². The van der Waals surface area contributed by atoms with Crippen molar-refractivity contribution in [1.82, 2.24) is 0 Å². The number of rotatable bonds is 7. The van der Waals surface area contributed by atoms with E-state index < -0.39 is 0 Å². The summed E-state index contributed by atoms with van der Waals surface area (Å²) in [5, 5.41) is 2.84. The molecule has 0 unspecified atom stereocenters. The number of amides is 1. The first kappa shape index (κ1) is 15.2. The number of benzene rings is 2. The smallest absolute Gasteiger partial charge is 0.226 e. The summed E-state index contributed by atoms with van der Waals surface area (Å²) in [4.78, 5) is 11.8. The molecule has 0 aromatic heterocycles. The van der Waals surface area contributed by atoms with Gasteiger partial charge in [0, 0.05) is 12.2 Å². The molecule has 2 aromatic rings. The van der Waals surface area contributed by atoms with Gasteiger partial charge in [-0.15, -0.1) is 0 Å². The summed E-state index contributed by atoms with van der Waals surface area (Å²) in [6, 6.07) is 17.4. The number of ether oxygens (including phenoxy) is 1. The van der Waals surface area contributed by atoms with Crippen LogP contribution in [0.3, 0.4) is 0 Å². The molecule has 2 rings (SSSR count). The van der Waals surface area contributed by atoms with Crippen molar-refractivity contribution in [2.24, 2.45) is 5.73 Å². The number of hydrogen-bond donors (Lipinski definition) is 2. The molecule has 0 spiro atoms. The first-order valence-electron chi connectivity index (χ1n) is 6.98. The summed E-state index contributed by atoms with van der Waals surface area (Å²) in [7, 11) is 0. The molecule has 0 heterocycles. The van der Waals surface area contributed by atoms with Crippen molar-refractivity contribution in [3.8, 4) is 0 Å². The van der Waals surface area contributed by atoms with Gasteiger partial charge in [-0.05, 0) is 23.3 Å². The lowest BCUT2D eigenvalue weighted by atomic mass is 10.2. The molecule has 110 valence electrons. The molecule has 4 nitrogen and oxygen atoms in total. The number of carbonyl (C=O) groups excluding carboxylic acids is 1. The van der Waals surface area contributed by atoms with E-state index in [-0.39, 0.29) is 5.91 Å². The Hall–Kier alpha value is -2.17. The zero-order valence-electron chi connectivity index (χ0n) is 11.9. The van der Waals surface area contributed by atoms with Crippen LogP contribution < -0.4 is 11.1 Å². The van der Waals surface area contributed by atoms with E-state index in [2.05, 4.69) is 5.32 Å². The van der Waals surface area contributed by atoms with E-state index in [1.54, 1.807) is 0 Å². The molecule has 1 amide bonds. The lowest BCUT2D eigenvalue weighted by Crippen LogP contribution is -2.14. The van der Waals surface area contributed by atoms with Crippen molar-refractivity contribution >= 4 is 11.6 Å². The molecule has 21 heavy (non-hydrogen) atoms. The lowest BCUT2D eigenvalue weighted by Gasteiger charge is -2.07. The molecule has 0 aliphatic heterocycles. The minimum absolute atomic E-state index is 0.0581. The van der Waals surface area contributed by atoms with Crippen LogP contribution in [0.2, 0.25) is 0 Å².